The quantitative estimate of drug-likeness (QED) is 0.695. The van der Waals surface area contributed by atoms with Crippen LogP contribution >= 0.6 is 0 Å². The van der Waals surface area contributed by atoms with Gasteiger partial charge in [-0.1, -0.05) is 12.2 Å². The van der Waals surface area contributed by atoms with Crippen LogP contribution in [0, 0.1) is 0 Å². The summed E-state index contributed by atoms with van der Waals surface area (Å²) in [6.07, 6.45) is 5.49. The molecule has 0 aromatic carbocycles. The van der Waals surface area contributed by atoms with Gasteiger partial charge in [-0.15, -0.1) is 13.2 Å². The predicted molar refractivity (Wildman–Crippen MR) is 59.5 cm³/mol. The van der Waals surface area contributed by atoms with E-state index < -0.39 is 0 Å². The summed E-state index contributed by atoms with van der Waals surface area (Å²) in [5.74, 6) is 0.871. The molecule has 1 aromatic rings. The number of pyridine rings is 1. The Bertz CT molecular complexity index is 324. The average Bonchev–Trinajstić information content (AvgIpc) is 2.27. The summed E-state index contributed by atoms with van der Waals surface area (Å²) in [5.41, 5.74) is 1.01. The Balaban J connectivity index is 2.33. The van der Waals surface area contributed by atoms with Crippen molar-refractivity contribution in [3.8, 4) is 0 Å². The van der Waals surface area contributed by atoms with Crippen LogP contribution < -0.4 is 10.6 Å². The van der Waals surface area contributed by atoms with E-state index in [0.717, 1.165) is 11.5 Å². The first-order valence-corrected chi connectivity index (χ1v) is 4.58. The van der Waals surface area contributed by atoms with Gasteiger partial charge in [0.15, 0.2) is 0 Å². The van der Waals surface area contributed by atoms with Crippen LogP contribution in [0.15, 0.2) is 43.6 Å². The minimum Gasteiger partial charge on any atom is -0.373 e. The molecule has 2 atom stereocenters. The van der Waals surface area contributed by atoms with E-state index in [0.29, 0.717) is 0 Å². The first-order chi connectivity index (χ1) is 6.85. The van der Waals surface area contributed by atoms with Crippen molar-refractivity contribution in [1.29, 1.82) is 0 Å². The maximum absolute atomic E-state index is 4.23. The summed E-state index contributed by atoms with van der Waals surface area (Å²) < 4.78 is 0. The molecule has 2 heterocycles. The van der Waals surface area contributed by atoms with Gasteiger partial charge in [-0.2, -0.15) is 0 Å². The Labute approximate surface area is 83.6 Å². The molecule has 0 fully saturated rings. The van der Waals surface area contributed by atoms with Gasteiger partial charge in [-0.3, -0.25) is 0 Å². The van der Waals surface area contributed by atoms with Gasteiger partial charge in [-0.05, 0) is 12.1 Å². The topological polar surface area (TPSA) is 37.0 Å². The van der Waals surface area contributed by atoms with Crippen molar-refractivity contribution in [2.24, 2.45) is 0 Å². The monoisotopic (exact) mass is 187 g/mol. The van der Waals surface area contributed by atoms with Gasteiger partial charge in [0, 0.05) is 6.20 Å². The summed E-state index contributed by atoms with van der Waals surface area (Å²) in [5, 5.41) is 6.62. The molecule has 14 heavy (non-hydrogen) atoms. The highest BCUT2D eigenvalue weighted by atomic mass is 15.1. The normalized spacial score (nSPS) is 24.0. The zero-order chi connectivity index (χ0) is 9.97. The number of anilines is 2. The molecule has 3 heteroatoms. The lowest BCUT2D eigenvalue weighted by Gasteiger charge is -2.31. The minimum absolute atomic E-state index is 0.148. The Kier molecular flexibility index (Phi) is 2.23. The van der Waals surface area contributed by atoms with Gasteiger partial charge in [0.2, 0.25) is 0 Å². The second-order valence-electron chi connectivity index (χ2n) is 3.21. The Morgan fingerprint density at radius 3 is 2.64 bits per heavy atom. The van der Waals surface area contributed by atoms with E-state index in [-0.39, 0.29) is 12.1 Å². The minimum atomic E-state index is 0.148. The van der Waals surface area contributed by atoms with Crippen molar-refractivity contribution < 1.29 is 0 Å². The van der Waals surface area contributed by atoms with Gasteiger partial charge < -0.3 is 10.6 Å². The largest absolute Gasteiger partial charge is 0.373 e. The zero-order valence-electron chi connectivity index (χ0n) is 7.90. The van der Waals surface area contributed by atoms with Crippen LogP contribution in [0.1, 0.15) is 0 Å². The lowest BCUT2D eigenvalue weighted by Crippen LogP contribution is -2.40. The van der Waals surface area contributed by atoms with Crippen molar-refractivity contribution in [1.82, 2.24) is 4.98 Å². The summed E-state index contributed by atoms with van der Waals surface area (Å²) in [6, 6.07) is 4.21. The van der Waals surface area contributed by atoms with Crippen molar-refractivity contribution in [2.75, 3.05) is 10.6 Å². The van der Waals surface area contributed by atoms with Crippen LogP contribution in [0.25, 0.3) is 0 Å². The van der Waals surface area contributed by atoms with Crippen molar-refractivity contribution in [3.63, 3.8) is 0 Å². The van der Waals surface area contributed by atoms with E-state index in [1.165, 1.54) is 0 Å². The molecule has 1 aromatic heterocycles. The summed E-state index contributed by atoms with van der Waals surface area (Å²) in [4.78, 5) is 4.23. The first kappa shape index (κ1) is 8.81. The molecule has 0 bridgehead atoms. The highest BCUT2D eigenvalue weighted by molar-refractivity contribution is 5.68. The van der Waals surface area contributed by atoms with Crippen LogP contribution in [0.2, 0.25) is 0 Å². The zero-order valence-corrected chi connectivity index (χ0v) is 7.90. The van der Waals surface area contributed by atoms with E-state index in [4.69, 9.17) is 0 Å². The highest BCUT2D eigenvalue weighted by Crippen LogP contribution is 2.26. The lowest BCUT2D eigenvalue weighted by molar-refractivity contribution is 0.767. The molecular weight excluding hydrogens is 174 g/mol. The number of aromatic nitrogens is 1. The van der Waals surface area contributed by atoms with E-state index >= 15 is 0 Å². The van der Waals surface area contributed by atoms with Crippen LogP contribution in [-0.4, -0.2) is 17.1 Å². The number of hydrogen-bond donors (Lipinski definition) is 2. The van der Waals surface area contributed by atoms with Gasteiger partial charge in [-0.25, -0.2) is 4.98 Å². The smallest absolute Gasteiger partial charge is 0.149 e. The van der Waals surface area contributed by atoms with Gasteiger partial charge in [0.25, 0.3) is 0 Å². The van der Waals surface area contributed by atoms with Gasteiger partial charge >= 0.3 is 0 Å². The number of fused-ring (bicyclic) bond motifs is 1. The third-order valence-corrected chi connectivity index (χ3v) is 2.33. The first-order valence-electron chi connectivity index (χ1n) is 4.58. The van der Waals surface area contributed by atoms with Gasteiger partial charge in [0.1, 0.15) is 5.82 Å². The Morgan fingerprint density at radius 2 is 1.93 bits per heavy atom. The SMILES string of the molecule is C=CC1Nc2cccnc2NC1C=C. The van der Waals surface area contributed by atoms with Crippen LogP contribution in [0.3, 0.4) is 0 Å². The van der Waals surface area contributed by atoms with Crippen molar-refractivity contribution in [3.05, 3.63) is 43.6 Å². The molecule has 0 radical (unpaired) electrons. The molecule has 3 nitrogen and oxygen atoms in total. The Hall–Kier alpha value is -1.77. The standard InChI is InChI=1S/C11H13N3/c1-3-8-9(4-2)14-11-10(13-8)6-5-7-12-11/h3-9,13H,1-2H2,(H,12,14). The number of nitrogens with zero attached hydrogens (tertiary/aromatic N) is 1. The van der Waals surface area contributed by atoms with Crippen molar-refractivity contribution >= 4 is 11.5 Å². The summed E-state index contributed by atoms with van der Waals surface area (Å²) >= 11 is 0. The third kappa shape index (κ3) is 1.37. The fourth-order valence-corrected chi connectivity index (χ4v) is 1.56. The molecule has 0 spiro atoms. The van der Waals surface area contributed by atoms with E-state index in [1.54, 1.807) is 6.20 Å². The molecule has 0 amide bonds. The number of rotatable bonds is 2. The molecular formula is C11H13N3. The maximum Gasteiger partial charge on any atom is 0.149 e. The van der Waals surface area contributed by atoms with Gasteiger partial charge in [0.05, 0.1) is 17.8 Å². The van der Waals surface area contributed by atoms with E-state index in [2.05, 4.69) is 28.8 Å². The summed E-state index contributed by atoms with van der Waals surface area (Å²) in [6.45, 7) is 7.56. The maximum atomic E-state index is 4.23. The third-order valence-electron chi connectivity index (χ3n) is 2.33. The lowest BCUT2D eigenvalue weighted by atomic mass is 10.1. The molecule has 2 rings (SSSR count). The molecule has 2 N–H and O–H groups in total. The van der Waals surface area contributed by atoms with E-state index in [9.17, 15) is 0 Å². The fourth-order valence-electron chi connectivity index (χ4n) is 1.56. The molecule has 0 saturated heterocycles. The van der Waals surface area contributed by atoms with Crippen LogP contribution in [0.4, 0.5) is 11.5 Å². The second kappa shape index (κ2) is 3.54. The van der Waals surface area contributed by atoms with Crippen LogP contribution in [0.5, 0.6) is 0 Å². The number of nitrogens with one attached hydrogen (secondary N) is 2. The Morgan fingerprint density at radius 1 is 1.21 bits per heavy atom. The highest BCUT2D eigenvalue weighted by Gasteiger charge is 2.22. The second-order valence-corrected chi connectivity index (χ2v) is 3.21. The van der Waals surface area contributed by atoms with Crippen molar-refractivity contribution in [2.45, 2.75) is 12.1 Å². The molecule has 2 unspecified atom stereocenters. The molecule has 0 saturated carbocycles. The summed E-state index contributed by atoms with van der Waals surface area (Å²) in [7, 11) is 0. The predicted octanol–water partition coefficient (Wildman–Crippen LogP) is 2.03. The van der Waals surface area contributed by atoms with Crippen LogP contribution in [-0.2, 0) is 0 Å². The number of hydrogen-bond acceptors (Lipinski definition) is 3. The fraction of sp³-hybridized carbons (Fsp3) is 0.182. The molecule has 72 valence electrons. The molecule has 0 aliphatic carbocycles. The molecule has 1 aliphatic heterocycles. The molecule has 1 aliphatic rings. The average molecular weight is 187 g/mol. The van der Waals surface area contributed by atoms with E-state index in [1.807, 2.05) is 24.3 Å².